The molecule has 1 aromatic carbocycles. The van der Waals surface area contributed by atoms with Crippen LogP contribution in [0.4, 0.5) is 0 Å². The highest BCUT2D eigenvalue weighted by Gasteiger charge is 2.27. The molecule has 0 spiro atoms. The van der Waals surface area contributed by atoms with Crippen molar-refractivity contribution in [2.45, 2.75) is 44.2 Å². The van der Waals surface area contributed by atoms with Crippen LogP contribution in [-0.2, 0) is 21.6 Å². The summed E-state index contributed by atoms with van der Waals surface area (Å²) in [6, 6.07) is 5.07. The molecule has 1 aliphatic heterocycles. The number of nitrogens with zero attached hydrogens (tertiary/aromatic N) is 4. The van der Waals surface area contributed by atoms with Crippen molar-refractivity contribution in [1.29, 1.82) is 0 Å². The normalized spacial score (nSPS) is 18.2. The van der Waals surface area contributed by atoms with Gasteiger partial charge in [0.2, 0.25) is 0 Å². The predicted molar refractivity (Wildman–Crippen MR) is 137 cm³/mol. The fourth-order valence-corrected chi connectivity index (χ4v) is 5.33. The Labute approximate surface area is 208 Å². The van der Waals surface area contributed by atoms with E-state index in [-0.39, 0.29) is 41.9 Å². The van der Waals surface area contributed by atoms with Gasteiger partial charge >= 0.3 is 0 Å². The number of aliphatic imine (C=N–C) groups is 1. The van der Waals surface area contributed by atoms with E-state index in [0.29, 0.717) is 37.0 Å². The molecule has 0 amide bonds. The van der Waals surface area contributed by atoms with Gasteiger partial charge in [0.25, 0.3) is 0 Å². The number of aryl methyl sites for hydroxylation is 3. The van der Waals surface area contributed by atoms with E-state index in [2.05, 4.69) is 20.3 Å². The number of sulfone groups is 1. The molecule has 32 heavy (non-hydrogen) atoms. The molecule has 1 aromatic heterocycles. The lowest BCUT2D eigenvalue weighted by Gasteiger charge is -2.36. The zero-order chi connectivity index (χ0) is 22.6. The van der Waals surface area contributed by atoms with Gasteiger partial charge in [-0.3, -0.25) is 9.67 Å². The first kappa shape index (κ1) is 26.6. The van der Waals surface area contributed by atoms with Crippen LogP contribution in [0.5, 0.6) is 0 Å². The van der Waals surface area contributed by atoms with Crippen molar-refractivity contribution in [2.24, 2.45) is 12.0 Å². The SMILES string of the molecule is CCC(CS(=O)(=O)c1ccc(C)c(C)c1)NC(=NC)N1CCOC(c2cnn(C)c2)C1.I. The van der Waals surface area contributed by atoms with Gasteiger partial charge in [0.05, 0.1) is 30.0 Å². The molecule has 0 radical (unpaired) electrons. The van der Waals surface area contributed by atoms with E-state index in [0.717, 1.165) is 16.7 Å². The second kappa shape index (κ2) is 11.5. The minimum atomic E-state index is -3.42. The topological polar surface area (TPSA) is 88.8 Å². The van der Waals surface area contributed by atoms with E-state index in [9.17, 15) is 8.42 Å². The third-order valence-electron chi connectivity index (χ3n) is 5.76. The van der Waals surface area contributed by atoms with Crippen LogP contribution in [0.25, 0.3) is 0 Å². The minimum Gasteiger partial charge on any atom is -0.370 e. The van der Waals surface area contributed by atoms with Crippen molar-refractivity contribution in [3.8, 4) is 0 Å². The number of guanidine groups is 1. The summed E-state index contributed by atoms with van der Waals surface area (Å²) in [5.41, 5.74) is 3.08. The molecule has 0 aliphatic carbocycles. The van der Waals surface area contributed by atoms with Crippen LogP contribution in [-0.4, -0.2) is 67.6 Å². The maximum atomic E-state index is 13.0. The zero-order valence-corrected chi connectivity index (χ0v) is 22.6. The molecule has 1 aliphatic rings. The Kier molecular flexibility index (Phi) is 9.53. The first-order chi connectivity index (χ1) is 14.7. The highest BCUT2D eigenvalue weighted by molar-refractivity contribution is 14.0. The monoisotopic (exact) mass is 575 g/mol. The number of benzene rings is 1. The first-order valence-corrected chi connectivity index (χ1v) is 12.3. The lowest BCUT2D eigenvalue weighted by molar-refractivity contribution is -0.00819. The highest BCUT2D eigenvalue weighted by atomic mass is 127. The summed E-state index contributed by atoms with van der Waals surface area (Å²) in [5, 5.41) is 7.60. The second-order valence-corrected chi connectivity index (χ2v) is 10.1. The maximum Gasteiger partial charge on any atom is 0.194 e. The lowest BCUT2D eigenvalue weighted by atomic mass is 10.1. The van der Waals surface area contributed by atoms with Crippen LogP contribution >= 0.6 is 24.0 Å². The summed E-state index contributed by atoms with van der Waals surface area (Å²) < 4.78 is 33.7. The molecule has 3 rings (SSSR count). The molecule has 2 unspecified atom stereocenters. The Bertz CT molecular complexity index is 1040. The van der Waals surface area contributed by atoms with E-state index in [1.807, 2.05) is 46.3 Å². The van der Waals surface area contributed by atoms with Crippen LogP contribution in [0.2, 0.25) is 0 Å². The van der Waals surface area contributed by atoms with E-state index < -0.39 is 9.84 Å². The predicted octanol–water partition coefficient (Wildman–Crippen LogP) is 2.86. The highest BCUT2D eigenvalue weighted by Crippen LogP contribution is 2.22. The van der Waals surface area contributed by atoms with Crippen LogP contribution in [0.15, 0.2) is 40.5 Å². The summed E-state index contributed by atoms with van der Waals surface area (Å²) in [6.45, 7) is 7.79. The number of morpholine rings is 1. The van der Waals surface area contributed by atoms with Gasteiger partial charge in [-0.1, -0.05) is 13.0 Å². The molecule has 10 heteroatoms. The van der Waals surface area contributed by atoms with Gasteiger partial charge in [-0.15, -0.1) is 24.0 Å². The molecular weight excluding hydrogens is 541 g/mol. The minimum absolute atomic E-state index is 0. The van der Waals surface area contributed by atoms with Gasteiger partial charge in [-0.25, -0.2) is 8.42 Å². The van der Waals surface area contributed by atoms with Gasteiger partial charge < -0.3 is 15.0 Å². The number of rotatable bonds is 6. The summed E-state index contributed by atoms with van der Waals surface area (Å²) in [6.07, 6.45) is 4.34. The standard InChI is InChI=1S/C22H33N5O3S.HI/c1-6-19(15-31(28,29)20-8-7-16(2)17(3)11-20)25-22(23-4)27-9-10-30-21(14-27)18-12-24-26(5)13-18;/h7-8,11-13,19,21H,6,9-10,14-15H2,1-5H3,(H,23,25);1H. The largest absolute Gasteiger partial charge is 0.370 e. The molecular formula is C22H34IN5O3S. The van der Waals surface area contributed by atoms with Crippen LogP contribution in [0, 0.1) is 13.8 Å². The average molecular weight is 576 g/mol. The van der Waals surface area contributed by atoms with Crippen LogP contribution < -0.4 is 5.32 Å². The van der Waals surface area contributed by atoms with E-state index in [4.69, 9.17) is 4.74 Å². The molecule has 2 atom stereocenters. The van der Waals surface area contributed by atoms with Crippen molar-refractivity contribution >= 4 is 39.8 Å². The Morgan fingerprint density at radius 1 is 1.34 bits per heavy atom. The maximum absolute atomic E-state index is 13.0. The van der Waals surface area contributed by atoms with E-state index in [1.54, 1.807) is 23.9 Å². The Morgan fingerprint density at radius 3 is 2.69 bits per heavy atom. The third kappa shape index (κ3) is 6.44. The average Bonchev–Trinajstić information content (AvgIpc) is 3.19. The van der Waals surface area contributed by atoms with Gasteiger partial charge in [-0.2, -0.15) is 5.10 Å². The number of aromatic nitrogens is 2. The smallest absolute Gasteiger partial charge is 0.194 e. The number of hydrogen-bond acceptors (Lipinski definition) is 5. The number of halogens is 1. The first-order valence-electron chi connectivity index (χ1n) is 10.6. The fraction of sp³-hybridized carbons (Fsp3) is 0.545. The quantitative estimate of drug-likeness (QED) is 0.324. The van der Waals surface area contributed by atoms with Crippen molar-refractivity contribution < 1.29 is 13.2 Å². The van der Waals surface area contributed by atoms with Gasteiger partial charge in [0.1, 0.15) is 6.10 Å². The molecule has 2 heterocycles. The van der Waals surface area contributed by atoms with Crippen LogP contribution in [0.3, 0.4) is 0 Å². The Morgan fingerprint density at radius 2 is 2.09 bits per heavy atom. The van der Waals surface area contributed by atoms with Crippen LogP contribution in [0.1, 0.15) is 36.1 Å². The molecule has 0 bridgehead atoms. The zero-order valence-electron chi connectivity index (χ0n) is 19.4. The Balaban J connectivity index is 0.00000363. The third-order valence-corrected chi connectivity index (χ3v) is 7.57. The van der Waals surface area contributed by atoms with Crippen molar-refractivity contribution in [2.75, 3.05) is 32.5 Å². The molecule has 1 saturated heterocycles. The van der Waals surface area contributed by atoms with Gasteiger partial charge in [0, 0.05) is 38.4 Å². The Hall–Kier alpha value is -1.66. The summed E-state index contributed by atoms with van der Waals surface area (Å²) >= 11 is 0. The lowest BCUT2D eigenvalue weighted by Crippen LogP contribution is -2.52. The van der Waals surface area contributed by atoms with Gasteiger partial charge in [0.15, 0.2) is 15.8 Å². The number of ether oxygens (including phenoxy) is 1. The molecule has 8 nitrogen and oxygen atoms in total. The summed E-state index contributed by atoms with van der Waals surface area (Å²) in [5.74, 6) is 0.709. The van der Waals surface area contributed by atoms with E-state index in [1.165, 1.54) is 0 Å². The molecule has 1 N–H and O–H groups in total. The second-order valence-electron chi connectivity index (χ2n) is 8.08. The van der Waals surface area contributed by atoms with Crippen molar-refractivity contribution in [3.63, 3.8) is 0 Å². The number of hydrogen-bond donors (Lipinski definition) is 1. The van der Waals surface area contributed by atoms with Gasteiger partial charge in [-0.05, 0) is 43.5 Å². The number of nitrogens with one attached hydrogen (secondary N) is 1. The fourth-order valence-electron chi connectivity index (χ4n) is 3.66. The van der Waals surface area contributed by atoms with Crippen molar-refractivity contribution in [3.05, 3.63) is 47.3 Å². The van der Waals surface area contributed by atoms with E-state index >= 15 is 0 Å². The molecule has 178 valence electrons. The summed E-state index contributed by atoms with van der Waals surface area (Å²) in [4.78, 5) is 6.91. The summed E-state index contributed by atoms with van der Waals surface area (Å²) in [7, 11) is 0.187. The molecule has 2 aromatic rings. The molecule has 0 saturated carbocycles. The van der Waals surface area contributed by atoms with Crippen molar-refractivity contribution in [1.82, 2.24) is 20.0 Å². The molecule has 1 fully saturated rings.